The molecule has 5 N–H and O–H groups in total. The SMILES string of the molecule is [2H]C[C@](N)(Cc1c[nH]c2ccccc12)C(=O)N[C@H](CO)Cc1ccccc1. The number of aromatic nitrogens is 1. The number of hydrogen-bond acceptors (Lipinski definition) is 3. The van der Waals surface area contributed by atoms with Crippen molar-refractivity contribution in [2.24, 2.45) is 5.73 Å². The molecule has 5 heteroatoms. The maximum Gasteiger partial charge on any atom is 0.240 e. The van der Waals surface area contributed by atoms with Gasteiger partial charge in [-0.1, -0.05) is 48.5 Å². The van der Waals surface area contributed by atoms with E-state index in [1.165, 1.54) is 0 Å². The average Bonchev–Trinajstić information content (AvgIpc) is 3.10. The van der Waals surface area contributed by atoms with E-state index >= 15 is 0 Å². The number of aromatic amines is 1. The summed E-state index contributed by atoms with van der Waals surface area (Å²) < 4.78 is 7.86. The predicted molar refractivity (Wildman–Crippen MR) is 104 cm³/mol. The number of carbonyl (C=O) groups excluding carboxylic acids is 1. The third-order valence-electron chi connectivity index (χ3n) is 4.51. The van der Waals surface area contributed by atoms with Crippen LogP contribution in [0, 0.1) is 0 Å². The fraction of sp³-hybridized carbons (Fsp3) is 0.286. The van der Waals surface area contributed by atoms with Gasteiger partial charge in [0.15, 0.2) is 0 Å². The number of fused-ring (bicyclic) bond motifs is 1. The number of aliphatic hydroxyl groups is 1. The first-order valence-corrected chi connectivity index (χ1v) is 8.64. The largest absolute Gasteiger partial charge is 0.394 e. The summed E-state index contributed by atoms with van der Waals surface area (Å²) in [5.41, 5.74) is 7.85. The van der Waals surface area contributed by atoms with Gasteiger partial charge in [0.2, 0.25) is 5.91 Å². The van der Waals surface area contributed by atoms with Crippen molar-refractivity contribution in [1.82, 2.24) is 10.3 Å². The van der Waals surface area contributed by atoms with E-state index in [4.69, 9.17) is 7.10 Å². The molecule has 0 bridgehead atoms. The smallest absolute Gasteiger partial charge is 0.240 e. The second kappa shape index (κ2) is 7.72. The van der Waals surface area contributed by atoms with Gasteiger partial charge in [-0.05, 0) is 30.5 Å². The van der Waals surface area contributed by atoms with Crippen LogP contribution in [0.15, 0.2) is 60.8 Å². The molecular weight excluding hydrogens is 326 g/mol. The Labute approximate surface area is 154 Å². The summed E-state index contributed by atoms with van der Waals surface area (Å²) in [4.78, 5) is 16.0. The van der Waals surface area contributed by atoms with Crippen LogP contribution in [0.1, 0.15) is 19.4 Å². The summed E-state index contributed by atoms with van der Waals surface area (Å²) in [7, 11) is 0. The van der Waals surface area contributed by atoms with Gasteiger partial charge in [-0.15, -0.1) is 0 Å². The molecule has 1 heterocycles. The molecule has 3 aromatic rings. The third kappa shape index (κ3) is 4.12. The first-order chi connectivity index (χ1) is 13.1. The lowest BCUT2D eigenvalue weighted by molar-refractivity contribution is -0.126. The van der Waals surface area contributed by atoms with E-state index in [0.717, 1.165) is 22.0 Å². The number of rotatable bonds is 7. The van der Waals surface area contributed by atoms with Crippen LogP contribution in [0.5, 0.6) is 0 Å². The van der Waals surface area contributed by atoms with E-state index in [9.17, 15) is 9.90 Å². The van der Waals surface area contributed by atoms with Gasteiger partial charge < -0.3 is 21.1 Å². The topological polar surface area (TPSA) is 91.1 Å². The molecular formula is C21H25N3O2. The summed E-state index contributed by atoms with van der Waals surface area (Å²) in [6, 6.07) is 17.0. The van der Waals surface area contributed by atoms with E-state index in [1.807, 2.05) is 60.8 Å². The molecule has 1 aromatic heterocycles. The Balaban J connectivity index is 1.73. The molecule has 0 spiro atoms. The highest BCUT2D eigenvalue weighted by atomic mass is 16.3. The highest BCUT2D eigenvalue weighted by molar-refractivity contribution is 5.88. The van der Waals surface area contributed by atoms with Gasteiger partial charge in [-0.2, -0.15) is 0 Å². The normalized spacial score (nSPS) is 15.2. The van der Waals surface area contributed by atoms with Crippen molar-refractivity contribution in [1.29, 1.82) is 0 Å². The number of para-hydroxylation sites is 1. The Bertz CT molecular complexity index is 897. The molecule has 2 aromatic carbocycles. The van der Waals surface area contributed by atoms with Gasteiger partial charge in [0.05, 0.1) is 18.2 Å². The molecule has 0 fully saturated rings. The number of nitrogens with two attached hydrogens (primary N) is 1. The summed E-state index contributed by atoms with van der Waals surface area (Å²) in [6.45, 7) is -0.441. The van der Waals surface area contributed by atoms with Gasteiger partial charge in [0.1, 0.15) is 0 Å². The van der Waals surface area contributed by atoms with E-state index in [0.29, 0.717) is 6.42 Å². The van der Waals surface area contributed by atoms with E-state index in [2.05, 4.69) is 10.3 Å². The molecule has 0 aliphatic rings. The zero-order valence-electron chi connectivity index (χ0n) is 15.6. The molecule has 136 valence electrons. The van der Waals surface area contributed by atoms with Gasteiger partial charge >= 0.3 is 0 Å². The van der Waals surface area contributed by atoms with E-state index in [1.54, 1.807) is 0 Å². The molecule has 0 radical (unpaired) electrons. The highest BCUT2D eigenvalue weighted by Gasteiger charge is 2.31. The van der Waals surface area contributed by atoms with Gasteiger partial charge in [0.25, 0.3) is 0 Å². The Morgan fingerprint density at radius 1 is 1.27 bits per heavy atom. The van der Waals surface area contributed by atoms with Crippen molar-refractivity contribution in [2.75, 3.05) is 6.61 Å². The second-order valence-electron chi connectivity index (χ2n) is 6.74. The molecule has 3 rings (SSSR count). The molecule has 0 aliphatic heterocycles. The minimum Gasteiger partial charge on any atom is -0.394 e. The van der Waals surface area contributed by atoms with Crippen molar-refractivity contribution in [3.8, 4) is 0 Å². The molecule has 0 saturated carbocycles. The first-order valence-electron chi connectivity index (χ1n) is 9.35. The Morgan fingerprint density at radius 3 is 2.73 bits per heavy atom. The highest BCUT2D eigenvalue weighted by Crippen LogP contribution is 2.21. The number of amides is 1. The van der Waals surface area contributed by atoms with Crippen molar-refractivity contribution in [3.63, 3.8) is 0 Å². The quantitative estimate of drug-likeness (QED) is 0.525. The van der Waals surface area contributed by atoms with Gasteiger partial charge in [-0.25, -0.2) is 0 Å². The van der Waals surface area contributed by atoms with Crippen molar-refractivity contribution >= 4 is 16.8 Å². The molecule has 5 nitrogen and oxygen atoms in total. The summed E-state index contributed by atoms with van der Waals surface area (Å²) >= 11 is 0. The van der Waals surface area contributed by atoms with Crippen molar-refractivity contribution in [3.05, 3.63) is 71.9 Å². The Morgan fingerprint density at radius 2 is 2.00 bits per heavy atom. The predicted octanol–water partition coefficient (Wildman–Crippen LogP) is 2.15. The molecule has 2 atom stereocenters. The van der Waals surface area contributed by atoms with Crippen LogP contribution in [-0.2, 0) is 17.6 Å². The van der Waals surface area contributed by atoms with E-state index < -0.39 is 17.5 Å². The van der Waals surface area contributed by atoms with Crippen LogP contribution in [0.3, 0.4) is 0 Å². The van der Waals surface area contributed by atoms with Crippen molar-refractivity contribution in [2.45, 2.75) is 31.3 Å². The summed E-state index contributed by atoms with van der Waals surface area (Å²) in [5, 5.41) is 13.5. The Kier molecular flexibility index (Phi) is 5.00. The molecule has 26 heavy (non-hydrogen) atoms. The zero-order chi connectivity index (χ0) is 19.3. The van der Waals surface area contributed by atoms with Crippen molar-refractivity contribution < 1.29 is 11.3 Å². The zero-order valence-corrected chi connectivity index (χ0v) is 14.6. The van der Waals surface area contributed by atoms with E-state index in [-0.39, 0.29) is 19.9 Å². The standard InChI is InChI=1S/C21H25N3O2/c1-21(22,12-16-13-23-19-10-6-5-9-18(16)19)20(26)24-17(14-25)11-15-7-3-2-4-8-15/h2-10,13,17,23,25H,11-12,14,22H2,1H3,(H,24,26)/t17-,21-/m0/s1/i1D. The molecule has 0 aliphatic carbocycles. The van der Waals surface area contributed by atoms with Crippen LogP contribution < -0.4 is 11.1 Å². The monoisotopic (exact) mass is 352 g/mol. The lowest BCUT2D eigenvalue weighted by atomic mass is 9.92. The van der Waals surface area contributed by atoms with Crippen LogP contribution in [0.4, 0.5) is 0 Å². The Hall–Kier alpha value is -2.63. The maximum absolute atomic E-state index is 12.8. The molecule has 1 amide bonds. The number of hydrogen-bond donors (Lipinski definition) is 4. The third-order valence-corrected chi connectivity index (χ3v) is 4.51. The fourth-order valence-electron chi connectivity index (χ4n) is 3.09. The fourth-order valence-corrected chi connectivity index (χ4v) is 3.09. The maximum atomic E-state index is 12.8. The van der Waals surface area contributed by atoms with Crippen LogP contribution in [0.25, 0.3) is 10.9 Å². The minimum atomic E-state index is -1.37. The lowest BCUT2D eigenvalue weighted by Gasteiger charge is -2.26. The van der Waals surface area contributed by atoms with Crippen LogP contribution in [-0.4, -0.2) is 34.2 Å². The van der Waals surface area contributed by atoms with Crippen LogP contribution in [0.2, 0.25) is 0 Å². The summed E-state index contributed by atoms with van der Waals surface area (Å²) in [5.74, 6) is -0.419. The van der Waals surface area contributed by atoms with Gasteiger partial charge in [-0.3, -0.25) is 4.79 Å². The molecule has 0 unspecified atom stereocenters. The summed E-state index contributed by atoms with van der Waals surface area (Å²) in [6.07, 6.45) is 2.59. The van der Waals surface area contributed by atoms with Crippen LogP contribution >= 0.6 is 0 Å². The average molecular weight is 352 g/mol. The first kappa shape index (κ1) is 16.8. The molecule has 0 saturated heterocycles. The minimum absolute atomic E-state index is 0.193. The number of aliphatic hydroxyl groups excluding tert-OH is 1. The lowest BCUT2D eigenvalue weighted by Crippen LogP contribution is -2.56. The second-order valence-corrected chi connectivity index (χ2v) is 6.74. The number of carbonyl (C=O) groups is 1. The number of H-pyrrole nitrogens is 1. The van der Waals surface area contributed by atoms with Gasteiger partial charge in [0, 0.05) is 24.9 Å². The number of benzene rings is 2. The number of nitrogens with one attached hydrogen (secondary N) is 2.